The molecule has 1 heterocycles. The van der Waals surface area contributed by atoms with Crippen LogP contribution in [0.4, 0.5) is 0 Å². The van der Waals surface area contributed by atoms with Gasteiger partial charge >= 0.3 is 0 Å². The second kappa shape index (κ2) is 7.13. The van der Waals surface area contributed by atoms with Crippen LogP contribution in [0.15, 0.2) is 15.9 Å². The molecule has 2 atom stereocenters. The number of amides is 1. The second-order valence-electron chi connectivity index (χ2n) is 4.25. The van der Waals surface area contributed by atoms with Crippen LogP contribution in [0.5, 0.6) is 0 Å². The van der Waals surface area contributed by atoms with Gasteiger partial charge in [0.25, 0.3) is 0 Å². The Kier molecular flexibility index (Phi) is 6.16. The maximum atomic E-state index is 11.7. The fourth-order valence-electron chi connectivity index (χ4n) is 1.35. The molecule has 96 valence electrons. The van der Waals surface area contributed by atoms with Crippen LogP contribution in [0.25, 0.3) is 0 Å². The first kappa shape index (κ1) is 14.7. The van der Waals surface area contributed by atoms with Gasteiger partial charge in [0, 0.05) is 33.8 Å². The number of thiophene rings is 1. The van der Waals surface area contributed by atoms with Gasteiger partial charge < -0.3 is 10.4 Å². The van der Waals surface area contributed by atoms with Gasteiger partial charge in [-0.05, 0) is 41.3 Å². The standard InChI is InChI=1S/C12H18BrNO2S/c1-8(6-15)9(2)14-12(16)4-3-11-5-10(13)7-17-11/h5,7-9,15H,3-4,6H2,1-2H3,(H,14,16). The molecule has 0 spiro atoms. The topological polar surface area (TPSA) is 49.3 Å². The van der Waals surface area contributed by atoms with Crippen molar-refractivity contribution in [3.63, 3.8) is 0 Å². The van der Waals surface area contributed by atoms with Crippen molar-refractivity contribution in [2.75, 3.05) is 6.61 Å². The maximum absolute atomic E-state index is 11.7. The van der Waals surface area contributed by atoms with Crippen molar-refractivity contribution in [1.82, 2.24) is 5.32 Å². The summed E-state index contributed by atoms with van der Waals surface area (Å²) in [5.74, 6) is 0.136. The smallest absolute Gasteiger partial charge is 0.220 e. The molecule has 0 aliphatic carbocycles. The van der Waals surface area contributed by atoms with Crippen LogP contribution in [0.2, 0.25) is 0 Å². The largest absolute Gasteiger partial charge is 0.396 e. The Balaban J connectivity index is 2.30. The molecule has 1 amide bonds. The van der Waals surface area contributed by atoms with Crippen molar-refractivity contribution in [3.8, 4) is 0 Å². The second-order valence-corrected chi connectivity index (χ2v) is 6.16. The molecular weight excluding hydrogens is 302 g/mol. The molecule has 2 N–H and O–H groups in total. The average Bonchev–Trinajstić information content (AvgIpc) is 2.71. The molecule has 17 heavy (non-hydrogen) atoms. The Morgan fingerprint density at radius 1 is 1.59 bits per heavy atom. The minimum Gasteiger partial charge on any atom is -0.396 e. The first-order valence-electron chi connectivity index (χ1n) is 5.66. The zero-order chi connectivity index (χ0) is 12.8. The summed E-state index contributed by atoms with van der Waals surface area (Å²) < 4.78 is 1.07. The molecule has 0 radical (unpaired) electrons. The number of halogens is 1. The van der Waals surface area contributed by atoms with Gasteiger partial charge in [-0.25, -0.2) is 0 Å². The first-order chi connectivity index (χ1) is 8.02. The molecule has 0 saturated heterocycles. The lowest BCUT2D eigenvalue weighted by Gasteiger charge is -2.19. The van der Waals surface area contributed by atoms with Crippen molar-refractivity contribution in [2.45, 2.75) is 32.7 Å². The summed E-state index contributed by atoms with van der Waals surface area (Å²) in [4.78, 5) is 12.9. The van der Waals surface area contributed by atoms with E-state index in [1.54, 1.807) is 11.3 Å². The lowest BCUT2D eigenvalue weighted by molar-refractivity contribution is -0.122. The molecule has 0 saturated carbocycles. The van der Waals surface area contributed by atoms with Crippen molar-refractivity contribution < 1.29 is 9.90 Å². The molecule has 1 aromatic rings. The third-order valence-corrected chi connectivity index (χ3v) is 4.51. The first-order valence-corrected chi connectivity index (χ1v) is 7.33. The summed E-state index contributed by atoms with van der Waals surface area (Å²) in [5, 5.41) is 13.9. The van der Waals surface area contributed by atoms with Gasteiger partial charge in [0.15, 0.2) is 0 Å². The predicted molar refractivity (Wildman–Crippen MR) is 74.2 cm³/mol. The minimum atomic E-state index is 0.0163. The van der Waals surface area contributed by atoms with E-state index in [4.69, 9.17) is 5.11 Å². The van der Waals surface area contributed by atoms with Crippen LogP contribution in [0.3, 0.4) is 0 Å². The van der Waals surface area contributed by atoms with E-state index in [-0.39, 0.29) is 24.5 Å². The molecule has 0 bridgehead atoms. The summed E-state index contributed by atoms with van der Waals surface area (Å²) in [7, 11) is 0. The van der Waals surface area contributed by atoms with E-state index >= 15 is 0 Å². The SMILES string of the molecule is CC(CO)C(C)NC(=O)CCc1cc(Br)cs1. The summed E-state index contributed by atoms with van der Waals surface area (Å²) in [6.07, 6.45) is 1.26. The maximum Gasteiger partial charge on any atom is 0.220 e. The Morgan fingerprint density at radius 2 is 2.29 bits per heavy atom. The normalized spacial score (nSPS) is 14.4. The van der Waals surface area contributed by atoms with Gasteiger partial charge in [-0.2, -0.15) is 0 Å². The van der Waals surface area contributed by atoms with Crippen LogP contribution in [-0.2, 0) is 11.2 Å². The number of carbonyl (C=O) groups is 1. The van der Waals surface area contributed by atoms with Gasteiger partial charge in [0.1, 0.15) is 0 Å². The van der Waals surface area contributed by atoms with E-state index < -0.39 is 0 Å². The van der Waals surface area contributed by atoms with Crippen LogP contribution in [0, 0.1) is 5.92 Å². The molecular formula is C12H18BrNO2S. The molecule has 0 aliphatic rings. The number of carbonyl (C=O) groups excluding carboxylic acids is 1. The number of hydrogen-bond acceptors (Lipinski definition) is 3. The highest BCUT2D eigenvalue weighted by Gasteiger charge is 2.13. The minimum absolute atomic E-state index is 0.0163. The molecule has 1 rings (SSSR count). The Hall–Kier alpha value is -0.390. The van der Waals surface area contributed by atoms with Crippen molar-refractivity contribution in [3.05, 3.63) is 20.8 Å². The zero-order valence-electron chi connectivity index (χ0n) is 10.1. The van der Waals surface area contributed by atoms with Crippen LogP contribution < -0.4 is 5.32 Å². The lowest BCUT2D eigenvalue weighted by Crippen LogP contribution is -2.38. The number of nitrogens with one attached hydrogen (secondary N) is 1. The van der Waals surface area contributed by atoms with Crippen LogP contribution in [0.1, 0.15) is 25.1 Å². The van der Waals surface area contributed by atoms with Gasteiger partial charge in [-0.15, -0.1) is 11.3 Å². The van der Waals surface area contributed by atoms with E-state index in [1.807, 2.05) is 25.3 Å². The van der Waals surface area contributed by atoms with E-state index in [2.05, 4.69) is 21.2 Å². The Labute approximate surface area is 114 Å². The van der Waals surface area contributed by atoms with E-state index in [1.165, 1.54) is 4.88 Å². The van der Waals surface area contributed by atoms with Crippen molar-refractivity contribution in [1.29, 1.82) is 0 Å². The number of aliphatic hydroxyl groups is 1. The number of hydrogen-bond donors (Lipinski definition) is 2. The van der Waals surface area contributed by atoms with E-state index in [9.17, 15) is 4.79 Å². The van der Waals surface area contributed by atoms with Gasteiger partial charge in [-0.3, -0.25) is 4.79 Å². The fourth-order valence-corrected chi connectivity index (χ4v) is 2.80. The summed E-state index contributed by atoms with van der Waals surface area (Å²) in [6.45, 7) is 3.93. The van der Waals surface area contributed by atoms with Crippen LogP contribution >= 0.6 is 27.3 Å². The van der Waals surface area contributed by atoms with Crippen molar-refractivity contribution >= 4 is 33.2 Å². The van der Waals surface area contributed by atoms with Crippen molar-refractivity contribution in [2.24, 2.45) is 5.92 Å². The Morgan fingerprint density at radius 3 is 2.82 bits per heavy atom. The molecule has 5 heteroatoms. The molecule has 0 aromatic carbocycles. The molecule has 0 aliphatic heterocycles. The highest BCUT2D eigenvalue weighted by atomic mass is 79.9. The summed E-state index contributed by atoms with van der Waals surface area (Å²) in [6, 6.07) is 2.06. The molecule has 3 nitrogen and oxygen atoms in total. The molecule has 1 aromatic heterocycles. The predicted octanol–water partition coefficient (Wildman–Crippen LogP) is 2.58. The number of aliphatic hydroxyl groups excluding tert-OH is 1. The van der Waals surface area contributed by atoms with Crippen LogP contribution in [-0.4, -0.2) is 23.7 Å². The molecule has 2 unspecified atom stereocenters. The number of aryl methyl sites for hydroxylation is 1. The Bertz CT molecular complexity index is 367. The lowest BCUT2D eigenvalue weighted by atomic mass is 10.1. The quantitative estimate of drug-likeness (QED) is 0.846. The highest BCUT2D eigenvalue weighted by molar-refractivity contribution is 9.10. The highest BCUT2D eigenvalue weighted by Crippen LogP contribution is 2.20. The van der Waals surface area contributed by atoms with Gasteiger partial charge in [-0.1, -0.05) is 6.92 Å². The van der Waals surface area contributed by atoms with Gasteiger partial charge in [0.05, 0.1) is 0 Å². The zero-order valence-corrected chi connectivity index (χ0v) is 12.5. The van der Waals surface area contributed by atoms with E-state index in [0.717, 1.165) is 10.9 Å². The third-order valence-electron chi connectivity index (χ3n) is 2.75. The molecule has 0 fully saturated rings. The fraction of sp³-hybridized carbons (Fsp3) is 0.583. The third kappa shape index (κ3) is 5.19. The van der Waals surface area contributed by atoms with E-state index in [0.29, 0.717) is 6.42 Å². The monoisotopic (exact) mass is 319 g/mol. The average molecular weight is 320 g/mol. The summed E-state index contributed by atoms with van der Waals surface area (Å²) >= 11 is 5.04. The van der Waals surface area contributed by atoms with Gasteiger partial charge in [0.2, 0.25) is 5.91 Å². The summed E-state index contributed by atoms with van der Waals surface area (Å²) in [5.41, 5.74) is 0. The number of rotatable bonds is 6.